The van der Waals surface area contributed by atoms with Crippen LogP contribution in [-0.2, 0) is 0 Å². The highest BCUT2D eigenvalue weighted by molar-refractivity contribution is 5.93. The van der Waals surface area contributed by atoms with Gasteiger partial charge < -0.3 is 9.63 Å². The summed E-state index contributed by atoms with van der Waals surface area (Å²) in [7, 11) is 0. The lowest BCUT2D eigenvalue weighted by molar-refractivity contribution is 0.417. The minimum absolute atomic E-state index is 0.196. The van der Waals surface area contributed by atoms with Crippen molar-refractivity contribution in [2.45, 2.75) is 19.3 Å². The second kappa shape index (κ2) is 4.07. The quantitative estimate of drug-likeness (QED) is 0.768. The topological polar surface area (TPSA) is 59.2 Å². The summed E-state index contributed by atoms with van der Waals surface area (Å²) in [6.45, 7) is 2.17. The van der Waals surface area contributed by atoms with E-state index in [1.165, 1.54) is 0 Å². The molecule has 1 N–H and O–H groups in total. The van der Waals surface area contributed by atoms with E-state index in [9.17, 15) is 5.11 Å². The van der Waals surface area contributed by atoms with E-state index >= 15 is 0 Å². The first-order chi connectivity index (χ1) is 9.74. The number of rotatable bonds is 2. The standard InChI is InChI=1S/C16H14N2O2/c1-9-8-13(9)15-17-16(20-18-15)12-7-6-10-4-2-3-5-11(10)14(12)19/h2-7,9,13,19H,8H2,1H3. The van der Waals surface area contributed by atoms with E-state index in [0.29, 0.717) is 23.3 Å². The van der Waals surface area contributed by atoms with E-state index in [4.69, 9.17) is 4.52 Å². The lowest BCUT2D eigenvalue weighted by Gasteiger charge is -2.04. The van der Waals surface area contributed by atoms with Crippen LogP contribution in [0, 0.1) is 5.92 Å². The van der Waals surface area contributed by atoms with Crippen LogP contribution in [0.2, 0.25) is 0 Å². The number of aromatic nitrogens is 2. The van der Waals surface area contributed by atoms with Gasteiger partial charge in [0.15, 0.2) is 5.82 Å². The predicted octanol–water partition coefficient (Wildman–Crippen LogP) is 3.72. The molecular formula is C16H14N2O2. The summed E-state index contributed by atoms with van der Waals surface area (Å²) in [6.07, 6.45) is 1.11. The van der Waals surface area contributed by atoms with Crippen molar-refractivity contribution >= 4 is 10.8 Å². The average molecular weight is 266 g/mol. The number of fused-ring (bicyclic) bond motifs is 1. The van der Waals surface area contributed by atoms with E-state index in [1.54, 1.807) is 0 Å². The van der Waals surface area contributed by atoms with Crippen LogP contribution in [0.15, 0.2) is 40.9 Å². The maximum Gasteiger partial charge on any atom is 0.261 e. The second-order valence-electron chi connectivity index (χ2n) is 5.46. The molecule has 20 heavy (non-hydrogen) atoms. The summed E-state index contributed by atoms with van der Waals surface area (Å²) < 4.78 is 5.31. The molecule has 4 rings (SSSR count). The Bertz CT molecular complexity index is 794. The number of benzene rings is 2. The summed E-state index contributed by atoms with van der Waals surface area (Å²) in [5.74, 6) is 2.38. The van der Waals surface area contributed by atoms with Crippen LogP contribution in [0.25, 0.3) is 22.2 Å². The molecule has 1 aliphatic rings. The fourth-order valence-electron chi connectivity index (χ4n) is 2.60. The molecule has 2 unspecified atom stereocenters. The van der Waals surface area contributed by atoms with Crippen molar-refractivity contribution in [3.63, 3.8) is 0 Å². The largest absolute Gasteiger partial charge is 0.506 e. The van der Waals surface area contributed by atoms with Crippen LogP contribution in [0.5, 0.6) is 5.75 Å². The normalized spacial score (nSPS) is 21.2. The van der Waals surface area contributed by atoms with Gasteiger partial charge in [-0.1, -0.05) is 42.4 Å². The molecule has 2 aromatic carbocycles. The summed E-state index contributed by atoms with van der Waals surface area (Å²) in [5.41, 5.74) is 0.593. The zero-order chi connectivity index (χ0) is 13.7. The highest BCUT2D eigenvalue weighted by Crippen LogP contribution is 2.46. The Balaban J connectivity index is 1.81. The summed E-state index contributed by atoms with van der Waals surface area (Å²) in [4.78, 5) is 4.42. The zero-order valence-corrected chi connectivity index (χ0v) is 11.1. The highest BCUT2D eigenvalue weighted by Gasteiger charge is 2.38. The molecular weight excluding hydrogens is 252 g/mol. The fraction of sp³-hybridized carbons (Fsp3) is 0.250. The zero-order valence-electron chi connectivity index (χ0n) is 11.1. The van der Waals surface area contributed by atoms with Gasteiger partial charge in [0.25, 0.3) is 5.89 Å². The molecule has 0 aliphatic heterocycles. The number of hydrogen-bond donors (Lipinski definition) is 1. The molecule has 0 bridgehead atoms. The molecule has 1 heterocycles. The maximum absolute atomic E-state index is 10.4. The monoisotopic (exact) mass is 266 g/mol. The Labute approximate surface area is 116 Å². The van der Waals surface area contributed by atoms with Crippen molar-refractivity contribution in [2.75, 3.05) is 0 Å². The lowest BCUT2D eigenvalue weighted by atomic mass is 10.1. The van der Waals surface area contributed by atoms with Crippen LogP contribution in [0.4, 0.5) is 0 Å². The first-order valence-corrected chi connectivity index (χ1v) is 6.79. The molecule has 1 fully saturated rings. The molecule has 0 amide bonds. The fourth-order valence-corrected chi connectivity index (χ4v) is 2.60. The van der Waals surface area contributed by atoms with Gasteiger partial charge in [-0.05, 0) is 23.8 Å². The van der Waals surface area contributed by atoms with Crippen molar-refractivity contribution < 1.29 is 9.63 Å². The summed E-state index contributed by atoms with van der Waals surface area (Å²) >= 11 is 0. The molecule has 100 valence electrons. The van der Waals surface area contributed by atoms with Crippen LogP contribution in [0.3, 0.4) is 0 Å². The van der Waals surface area contributed by atoms with Gasteiger partial charge in [-0.3, -0.25) is 0 Å². The second-order valence-corrected chi connectivity index (χ2v) is 5.46. The van der Waals surface area contributed by atoms with Crippen LogP contribution in [-0.4, -0.2) is 15.2 Å². The number of aromatic hydroxyl groups is 1. The first-order valence-electron chi connectivity index (χ1n) is 6.79. The van der Waals surface area contributed by atoms with Gasteiger partial charge in [0.05, 0.1) is 5.56 Å². The van der Waals surface area contributed by atoms with E-state index < -0.39 is 0 Å². The van der Waals surface area contributed by atoms with Crippen molar-refractivity contribution in [2.24, 2.45) is 5.92 Å². The third-order valence-corrected chi connectivity index (χ3v) is 4.01. The minimum atomic E-state index is 0.196. The Kier molecular flexibility index (Phi) is 2.33. The summed E-state index contributed by atoms with van der Waals surface area (Å²) in [5, 5.41) is 16.2. The molecule has 3 aromatic rings. The molecule has 0 saturated heterocycles. The summed E-state index contributed by atoms with van der Waals surface area (Å²) in [6, 6.07) is 11.5. The molecule has 4 nitrogen and oxygen atoms in total. The SMILES string of the molecule is CC1CC1c1noc(-c2ccc3ccccc3c2O)n1. The van der Waals surface area contributed by atoms with E-state index in [-0.39, 0.29) is 5.75 Å². The molecule has 0 spiro atoms. The van der Waals surface area contributed by atoms with E-state index in [2.05, 4.69) is 17.1 Å². The van der Waals surface area contributed by atoms with Gasteiger partial charge in [-0.15, -0.1) is 0 Å². The van der Waals surface area contributed by atoms with E-state index in [1.807, 2.05) is 36.4 Å². The molecule has 1 saturated carbocycles. The minimum Gasteiger partial charge on any atom is -0.506 e. The highest BCUT2D eigenvalue weighted by atomic mass is 16.5. The van der Waals surface area contributed by atoms with Crippen molar-refractivity contribution in [1.29, 1.82) is 0 Å². The third-order valence-electron chi connectivity index (χ3n) is 4.01. The Morgan fingerprint density at radius 1 is 1.20 bits per heavy atom. The molecule has 1 aromatic heterocycles. The third kappa shape index (κ3) is 1.68. The van der Waals surface area contributed by atoms with Crippen molar-refractivity contribution in [3.05, 3.63) is 42.2 Å². The van der Waals surface area contributed by atoms with Gasteiger partial charge in [0.1, 0.15) is 5.75 Å². The molecule has 1 aliphatic carbocycles. The van der Waals surface area contributed by atoms with Crippen molar-refractivity contribution in [3.8, 4) is 17.2 Å². The first kappa shape index (κ1) is 11.5. The smallest absolute Gasteiger partial charge is 0.261 e. The van der Waals surface area contributed by atoms with Gasteiger partial charge in [-0.25, -0.2) is 0 Å². The van der Waals surface area contributed by atoms with Crippen LogP contribution < -0.4 is 0 Å². The Morgan fingerprint density at radius 2 is 2.00 bits per heavy atom. The molecule has 2 atom stereocenters. The number of phenols is 1. The molecule has 0 radical (unpaired) electrons. The van der Waals surface area contributed by atoms with E-state index in [0.717, 1.165) is 23.0 Å². The Morgan fingerprint density at radius 3 is 2.80 bits per heavy atom. The van der Waals surface area contributed by atoms with Crippen LogP contribution in [0.1, 0.15) is 25.1 Å². The lowest BCUT2D eigenvalue weighted by Crippen LogP contribution is -1.85. The Hall–Kier alpha value is -2.36. The maximum atomic E-state index is 10.4. The van der Waals surface area contributed by atoms with Gasteiger partial charge in [0, 0.05) is 11.3 Å². The average Bonchev–Trinajstić information content (AvgIpc) is 3.01. The number of hydrogen-bond acceptors (Lipinski definition) is 4. The van der Waals surface area contributed by atoms with Crippen molar-refractivity contribution in [1.82, 2.24) is 10.1 Å². The van der Waals surface area contributed by atoms with Gasteiger partial charge in [-0.2, -0.15) is 4.98 Å². The van der Waals surface area contributed by atoms with Gasteiger partial charge >= 0.3 is 0 Å². The van der Waals surface area contributed by atoms with Crippen LogP contribution >= 0.6 is 0 Å². The predicted molar refractivity (Wildman–Crippen MR) is 75.4 cm³/mol. The molecule has 4 heteroatoms. The van der Waals surface area contributed by atoms with Gasteiger partial charge in [0.2, 0.25) is 0 Å². The number of nitrogens with zero attached hydrogens (tertiary/aromatic N) is 2. The number of phenolic OH excluding ortho intramolecular Hbond substituents is 1.